The molecule has 1 aromatic rings. The Morgan fingerprint density at radius 3 is 2.79 bits per heavy atom. The standard InChI is InChI=1S/C15H26N4/c1-11(2)19-10-17-9-14(19)15-12(8-16)4-3-7-18(15)13-5-6-13/h9-13,15H,3-8,16H2,1-2H3. The molecule has 0 radical (unpaired) electrons. The summed E-state index contributed by atoms with van der Waals surface area (Å²) in [5.74, 6) is 0.587. The summed E-state index contributed by atoms with van der Waals surface area (Å²) in [6.45, 7) is 6.48. The molecule has 1 saturated carbocycles. The monoisotopic (exact) mass is 262 g/mol. The molecule has 1 aliphatic heterocycles. The normalized spacial score (nSPS) is 29.1. The van der Waals surface area contributed by atoms with Crippen molar-refractivity contribution in [3.63, 3.8) is 0 Å². The maximum absolute atomic E-state index is 6.05. The Bertz CT molecular complexity index is 422. The minimum atomic E-state index is 0.471. The first-order chi connectivity index (χ1) is 9.22. The predicted octanol–water partition coefficient (Wildman–Crippen LogP) is 2.34. The molecule has 0 bridgehead atoms. The number of aromatic nitrogens is 2. The van der Waals surface area contributed by atoms with Gasteiger partial charge in [0.15, 0.2) is 0 Å². The van der Waals surface area contributed by atoms with E-state index in [-0.39, 0.29) is 0 Å². The zero-order chi connectivity index (χ0) is 13.4. The van der Waals surface area contributed by atoms with Gasteiger partial charge in [0.05, 0.1) is 18.1 Å². The van der Waals surface area contributed by atoms with E-state index in [0.29, 0.717) is 18.0 Å². The van der Waals surface area contributed by atoms with Crippen molar-refractivity contribution < 1.29 is 0 Å². The van der Waals surface area contributed by atoms with Gasteiger partial charge >= 0.3 is 0 Å². The van der Waals surface area contributed by atoms with E-state index in [2.05, 4.69) is 34.5 Å². The SMILES string of the molecule is CC(C)n1cncc1C1C(CN)CCCN1C1CC1. The topological polar surface area (TPSA) is 47.1 Å². The van der Waals surface area contributed by atoms with Crippen molar-refractivity contribution >= 4 is 0 Å². The van der Waals surface area contributed by atoms with Gasteiger partial charge in [-0.1, -0.05) is 0 Å². The van der Waals surface area contributed by atoms with E-state index in [1.165, 1.54) is 37.9 Å². The molecule has 1 aromatic heterocycles. The number of imidazole rings is 1. The number of hydrogen-bond donors (Lipinski definition) is 1. The van der Waals surface area contributed by atoms with Crippen LogP contribution in [0.3, 0.4) is 0 Å². The molecule has 4 nitrogen and oxygen atoms in total. The van der Waals surface area contributed by atoms with Gasteiger partial charge in [-0.15, -0.1) is 0 Å². The van der Waals surface area contributed by atoms with Gasteiger partial charge in [-0.2, -0.15) is 0 Å². The lowest BCUT2D eigenvalue weighted by molar-refractivity contribution is 0.0816. The van der Waals surface area contributed by atoms with Crippen LogP contribution in [-0.2, 0) is 0 Å². The fourth-order valence-corrected chi connectivity index (χ4v) is 3.55. The fraction of sp³-hybridized carbons (Fsp3) is 0.800. The van der Waals surface area contributed by atoms with Gasteiger partial charge in [0.1, 0.15) is 0 Å². The predicted molar refractivity (Wildman–Crippen MR) is 76.9 cm³/mol. The fourth-order valence-electron chi connectivity index (χ4n) is 3.55. The third-order valence-corrected chi connectivity index (χ3v) is 4.67. The zero-order valence-corrected chi connectivity index (χ0v) is 12.1. The molecule has 0 spiro atoms. The molecule has 106 valence electrons. The lowest BCUT2D eigenvalue weighted by Gasteiger charge is -2.41. The molecule has 2 N–H and O–H groups in total. The van der Waals surface area contributed by atoms with Crippen LogP contribution >= 0.6 is 0 Å². The number of piperidine rings is 1. The first-order valence-electron chi connectivity index (χ1n) is 7.70. The number of hydrogen-bond acceptors (Lipinski definition) is 3. The summed E-state index contributed by atoms with van der Waals surface area (Å²) in [6, 6.07) is 1.75. The molecule has 2 atom stereocenters. The smallest absolute Gasteiger partial charge is 0.0951 e. The Balaban J connectivity index is 1.93. The first-order valence-corrected chi connectivity index (χ1v) is 7.70. The molecular formula is C15H26N4. The highest BCUT2D eigenvalue weighted by Gasteiger charge is 2.41. The highest BCUT2D eigenvalue weighted by Crippen LogP contribution is 2.42. The Kier molecular flexibility index (Phi) is 3.63. The van der Waals surface area contributed by atoms with Crippen molar-refractivity contribution in [2.45, 2.75) is 57.7 Å². The highest BCUT2D eigenvalue weighted by molar-refractivity contribution is 5.12. The number of nitrogens with zero attached hydrogens (tertiary/aromatic N) is 3. The molecule has 2 fully saturated rings. The van der Waals surface area contributed by atoms with E-state index in [1.807, 2.05) is 6.33 Å². The Morgan fingerprint density at radius 2 is 2.16 bits per heavy atom. The van der Waals surface area contributed by atoms with Gasteiger partial charge in [-0.3, -0.25) is 4.90 Å². The van der Waals surface area contributed by atoms with E-state index in [1.54, 1.807) is 0 Å². The molecule has 2 heterocycles. The van der Waals surface area contributed by atoms with Crippen LogP contribution in [0.5, 0.6) is 0 Å². The number of nitrogens with two attached hydrogens (primary N) is 1. The van der Waals surface area contributed by atoms with E-state index < -0.39 is 0 Å². The molecule has 1 aliphatic carbocycles. The Hall–Kier alpha value is -0.870. The van der Waals surface area contributed by atoms with E-state index >= 15 is 0 Å². The van der Waals surface area contributed by atoms with Crippen molar-refractivity contribution in [1.29, 1.82) is 0 Å². The second-order valence-corrected chi connectivity index (χ2v) is 6.37. The summed E-state index contributed by atoms with van der Waals surface area (Å²) in [6.07, 6.45) is 9.33. The molecule has 0 amide bonds. The third-order valence-electron chi connectivity index (χ3n) is 4.67. The van der Waals surface area contributed by atoms with Gasteiger partial charge in [0, 0.05) is 18.3 Å². The quantitative estimate of drug-likeness (QED) is 0.906. The molecule has 0 aromatic carbocycles. The first kappa shape index (κ1) is 13.1. The van der Waals surface area contributed by atoms with Gasteiger partial charge in [0.25, 0.3) is 0 Å². The van der Waals surface area contributed by atoms with Crippen molar-refractivity contribution in [1.82, 2.24) is 14.5 Å². The van der Waals surface area contributed by atoms with Gasteiger partial charge in [-0.05, 0) is 58.5 Å². The largest absolute Gasteiger partial charge is 0.331 e. The minimum absolute atomic E-state index is 0.471. The lowest BCUT2D eigenvalue weighted by Crippen LogP contribution is -2.43. The van der Waals surface area contributed by atoms with Gasteiger partial charge < -0.3 is 10.3 Å². The molecule has 1 saturated heterocycles. The maximum Gasteiger partial charge on any atom is 0.0951 e. The van der Waals surface area contributed by atoms with Crippen LogP contribution in [0.2, 0.25) is 0 Å². The number of likely N-dealkylation sites (tertiary alicyclic amines) is 1. The summed E-state index contributed by atoms with van der Waals surface area (Å²) in [5, 5.41) is 0. The Morgan fingerprint density at radius 1 is 1.37 bits per heavy atom. The molecular weight excluding hydrogens is 236 g/mol. The summed E-state index contributed by atoms with van der Waals surface area (Å²) in [7, 11) is 0. The average Bonchev–Trinajstić information content (AvgIpc) is 3.14. The zero-order valence-electron chi connectivity index (χ0n) is 12.1. The van der Waals surface area contributed by atoms with Crippen LogP contribution in [0.15, 0.2) is 12.5 Å². The molecule has 2 unspecified atom stereocenters. The van der Waals surface area contributed by atoms with Gasteiger partial charge in [-0.25, -0.2) is 4.98 Å². The summed E-state index contributed by atoms with van der Waals surface area (Å²) < 4.78 is 2.33. The van der Waals surface area contributed by atoms with Crippen LogP contribution < -0.4 is 5.73 Å². The average molecular weight is 262 g/mol. The lowest BCUT2D eigenvalue weighted by atomic mass is 9.87. The van der Waals surface area contributed by atoms with E-state index in [9.17, 15) is 0 Å². The maximum atomic E-state index is 6.05. The third kappa shape index (κ3) is 2.43. The van der Waals surface area contributed by atoms with Crippen LogP contribution in [-0.4, -0.2) is 33.6 Å². The minimum Gasteiger partial charge on any atom is -0.331 e. The summed E-state index contributed by atoms with van der Waals surface area (Å²) in [5.41, 5.74) is 7.42. The van der Waals surface area contributed by atoms with E-state index in [0.717, 1.165) is 12.6 Å². The second kappa shape index (κ2) is 5.25. The molecule has 2 aliphatic rings. The summed E-state index contributed by atoms with van der Waals surface area (Å²) >= 11 is 0. The summed E-state index contributed by atoms with van der Waals surface area (Å²) in [4.78, 5) is 7.10. The number of rotatable bonds is 4. The van der Waals surface area contributed by atoms with Crippen LogP contribution in [0, 0.1) is 5.92 Å². The molecule has 3 rings (SSSR count). The van der Waals surface area contributed by atoms with Crippen molar-refractivity contribution in [2.24, 2.45) is 11.7 Å². The van der Waals surface area contributed by atoms with Crippen molar-refractivity contribution in [3.8, 4) is 0 Å². The van der Waals surface area contributed by atoms with Gasteiger partial charge in [0.2, 0.25) is 0 Å². The van der Waals surface area contributed by atoms with Crippen molar-refractivity contribution in [2.75, 3.05) is 13.1 Å². The Labute approximate surface area is 116 Å². The van der Waals surface area contributed by atoms with Crippen LogP contribution in [0.4, 0.5) is 0 Å². The van der Waals surface area contributed by atoms with E-state index in [4.69, 9.17) is 5.73 Å². The van der Waals surface area contributed by atoms with Crippen LogP contribution in [0.1, 0.15) is 57.3 Å². The molecule has 19 heavy (non-hydrogen) atoms. The second-order valence-electron chi connectivity index (χ2n) is 6.37. The molecule has 4 heteroatoms. The van der Waals surface area contributed by atoms with Crippen LogP contribution in [0.25, 0.3) is 0 Å². The van der Waals surface area contributed by atoms with Crippen molar-refractivity contribution in [3.05, 3.63) is 18.2 Å². The highest BCUT2D eigenvalue weighted by atomic mass is 15.2.